The number of nitro benzene ring substituents is 1. The summed E-state index contributed by atoms with van der Waals surface area (Å²) in [6, 6.07) is 19.2. The van der Waals surface area contributed by atoms with E-state index >= 15 is 0 Å². The van der Waals surface area contributed by atoms with Gasteiger partial charge in [0.1, 0.15) is 0 Å². The molecule has 4 rings (SSSR count). The highest BCUT2D eigenvalue weighted by Crippen LogP contribution is 2.39. The molecule has 8 heteroatoms. The molecule has 0 N–H and O–H groups in total. The molecule has 0 spiro atoms. The Balaban J connectivity index is 1.73. The molecule has 30 heavy (non-hydrogen) atoms. The fraction of sp³-hybridized carbons (Fsp3) is 0.0909. The van der Waals surface area contributed by atoms with E-state index in [1.807, 2.05) is 35.0 Å². The second kappa shape index (κ2) is 7.87. The maximum absolute atomic E-state index is 13.0. The molecule has 0 radical (unpaired) electrons. The van der Waals surface area contributed by atoms with Crippen molar-refractivity contribution in [1.29, 1.82) is 0 Å². The standard InChI is InChI=1S/C22H15F3N2O2S/c23-22(24,25)16-7-5-6-15(12-16)13-26-14-21(17-8-1-2-9-18(17)26)30-20-11-4-3-10-19(20)27(28)29/h1-12,14H,13H2. The van der Waals surface area contributed by atoms with Crippen LogP contribution in [-0.2, 0) is 12.7 Å². The minimum absolute atomic E-state index is 0.0113. The summed E-state index contributed by atoms with van der Waals surface area (Å²) < 4.78 is 41.0. The molecule has 0 fully saturated rings. The van der Waals surface area contributed by atoms with Crippen LogP contribution < -0.4 is 0 Å². The fourth-order valence-corrected chi connectivity index (χ4v) is 4.37. The number of para-hydroxylation sites is 2. The summed E-state index contributed by atoms with van der Waals surface area (Å²) in [5, 5.41) is 12.2. The molecule has 152 valence electrons. The van der Waals surface area contributed by atoms with Crippen molar-refractivity contribution >= 4 is 28.4 Å². The number of halogens is 3. The number of benzene rings is 3. The van der Waals surface area contributed by atoms with Crippen LogP contribution in [0, 0.1) is 10.1 Å². The number of aromatic nitrogens is 1. The normalized spacial score (nSPS) is 11.7. The van der Waals surface area contributed by atoms with Crippen LogP contribution in [0.5, 0.6) is 0 Å². The molecule has 0 saturated carbocycles. The van der Waals surface area contributed by atoms with Crippen LogP contribution in [0.4, 0.5) is 18.9 Å². The van der Waals surface area contributed by atoms with Crippen molar-refractivity contribution in [3.63, 3.8) is 0 Å². The molecule has 0 aliphatic carbocycles. The summed E-state index contributed by atoms with van der Waals surface area (Å²) in [5.41, 5.74) is 0.687. The van der Waals surface area contributed by atoms with Crippen molar-refractivity contribution in [3.05, 3.63) is 100 Å². The lowest BCUT2D eigenvalue weighted by Crippen LogP contribution is -2.06. The Morgan fingerprint density at radius 3 is 2.43 bits per heavy atom. The average molecular weight is 428 g/mol. The molecule has 0 bridgehead atoms. The zero-order valence-corrected chi connectivity index (χ0v) is 16.3. The summed E-state index contributed by atoms with van der Waals surface area (Å²) in [6.45, 7) is 0.252. The van der Waals surface area contributed by atoms with Gasteiger partial charge in [0, 0.05) is 34.6 Å². The van der Waals surface area contributed by atoms with Gasteiger partial charge in [0.15, 0.2) is 0 Å². The lowest BCUT2D eigenvalue weighted by Gasteiger charge is -2.10. The molecule has 0 amide bonds. The first-order chi connectivity index (χ1) is 14.3. The van der Waals surface area contributed by atoms with Crippen molar-refractivity contribution in [3.8, 4) is 0 Å². The lowest BCUT2D eigenvalue weighted by molar-refractivity contribution is -0.387. The van der Waals surface area contributed by atoms with E-state index in [-0.39, 0.29) is 12.2 Å². The highest BCUT2D eigenvalue weighted by atomic mass is 32.2. The maximum atomic E-state index is 13.0. The zero-order chi connectivity index (χ0) is 21.3. The molecule has 0 saturated heterocycles. The van der Waals surface area contributed by atoms with E-state index in [2.05, 4.69) is 0 Å². The quantitative estimate of drug-likeness (QED) is 0.260. The van der Waals surface area contributed by atoms with Crippen molar-refractivity contribution < 1.29 is 18.1 Å². The Hall–Kier alpha value is -3.26. The molecule has 4 nitrogen and oxygen atoms in total. The van der Waals surface area contributed by atoms with Crippen LogP contribution in [0.15, 0.2) is 88.8 Å². The highest BCUT2D eigenvalue weighted by molar-refractivity contribution is 7.99. The van der Waals surface area contributed by atoms with Crippen LogP contribution in [0.3, 0.4) is 0 Å². The summed E-state index contributed by atoms with van der Waals surface area (Å²) in [4.78, 5) is 12.2. The second-order valence-electron chi connectivity index (χ2n) is 6.66. The average Bonchev–Trinajstić information content (AvgIpc) is 3.05. The van der Waals surface area contributed by atoms with Gasteiger partial charge in [-0.15, -0.1) is 0 Å². The van der Waals surface area contributed by atoms with Gasteiger partial charge in [0.2, 0.25) is 0 Å². The first-order valence-corrected chi connectivity index (χ1v) is 9.80. The smallest absolute Gasteiger partial charge is 0.342 e. The molecule has 0 aliphatic rings. The van der Waals surface area contributed by atoms with E-state index in [1.54, 1.807) is 24.3 Å². The van der Waals surface area contributed by atoms with E-state index in [1.165, 1.54) is 23.9 Å². The first-order valence-electron chi connectivity index (χ1n) is 8.98. The lowest BCUT2D eigenvalue weighted by atomic mass is 10.1. The number of hydrogen-bond acceptors (Lipinski definition) is 3. The minimum atomic E-state index is -4.40. The van der Waals surface area contributed by atoms with Crippen molar-refractivity contribution in [1.82, 2.24) is 4.57 Å². The molecule has 0 aliphatic heterocycles. The summed E-state index contributed by atoms with van der Waals surface area (Å²) in [5.74, 6) is 0. The molecular formula is C22H15F3N2O2S. The van der Waals surface area contributed by atoms with Gasteiger partial charge < -0.3 is 4.57 Å². The largest absolute Gasteiger partial charge is 0.416 e. The van der Waals surface area contributed by atoms with Crippen molar-refractivity contribution in [2.45, 2.75) is 22.5 Å². The minimum Gasteiger partial charge on any atom is -0.342 e. The molecule has 1 heterocycles. The predicted molar refractivity (Wildman–Crippen MR) is 110 cm³/mol. The van der Waals surface area contributed by atoms with E-state index in [4.69, 9.17) is 0 Å². The fourth-order valence-electron chi connectivity index (χ4n) is 3.28. The number of rotatable bonds is 5. The molecule has 3 aromatic carbocycles. The SMILES string of the molecule is O=[N+]([O-])c1ccccc1Sc1cn(Cc2cccc(C(F)(F)F)c2)c2ccccc12. The Labute approximate surface area is 174 Å². The van der Waals surface area contributed by atoms with Crippen LogP contribution >= 0.6 is 11.8 Å². The van der Waals surface area contributed by atoms with Crippen molar-refractivity contribution in [2.24, 2.45) is 0 Å². The topological polar surface area (TPSA) is 48.1 Å². The van der Waals surface area contributed by atoms with Gasteiger partial charge in [-0.25, -0.2) is 0 Å². The van der Waals surface area contributed by atoms with Gasteiger partial charge in [0.25, 0.3) is 5.69 Å². The van der Waals surface area contributed by atoms with Gasteiger partial charge in [-0.3, -0.25) is 10.1 Å². The monoisotopic (exact) mass is 428 g/mol. The summed E-state index contributed by atoms with van der Waals surface area (Å²) in [7, 11) is 0. The summed E-state index contributed by atoms with van der Waals surface area (Å²) in [6.07, 6.45) is -2.58. The molecule has 4 aromatic rings. The third-order valence-electron chi connectivity index (χ3n) is 4.64. The second-order valence-corrected chi connectivity index (χ2v) is 7.75. The van der Waals surface area contributed by atoms with Gasteiger partial charge >= 0.3 is 6.18 Å². The summed E-state index contributed by atoms with van der Waals surface area (Å²) >= 11 is 1.27. The Morgan fingerprint density at radius 2 is 1.67 bits per heavy atom. The van der Waals surface area contributed by atoms with Gasteiger partial charge in [-0.05, 0) is 29.8 Å². The molecule has 1 aromatic heterocycles. The van der Waals surface area contributed by atoms with E-state index in [0.29, 0.717) is 10.5 Å². The van der Waals surface area contributed by atoms with Crippen LogP contribution in [-0.4, -0.2) is 9.49 Å². The predicted octanol–water partition coefficient (Wildman–Crippen LogP) is 6.77. The number of fused-ring (bicyclic) bond motifs is 1. The Morgan fingerprint density at radius 1 is 0.933 bits per heavy atom. The third-order valence-corrected chi connectivity index (χ3v) is 5.75. The Bertz CT molecular complexity index is 1230. The highest BCUT2D eigenvalue weighted by Gasteiger charge is 2.30. The van der Waals surface area contributed by atoms with Gasteiger partial charge in [0.05, 0.1) is 15.4 Å². The van der Waals surface area contributed by atoms with Crippen molar-refractivity contribution in [2.75, 3.05) is 0 Å². The van der Waals surface area contributed by atoms with E-state index in [9.17, 15) is 23.3 Å². The third kappa shape index (κ3) is 4.04. The van der Waals surface area contributed by atoms with Gasteiger partial charge in [-0.1, -0.05) is 54.2 Å². The Kier molecular flexibility index (Phi) is 5.26. The zero-order valence-electron chi connectivity index (χ0n) is 15.5. The van der Waals surface area contributed by atoms with Crippen LogP contribution in [0.25, 0.3) is 10.9 Å². The number of nitro groups is 1. The molecule has 0 atom stereocenters. The molecular weight excluding hydrogens is 413 g/mol. The number of hydrogen-bond donors (Lipinski definition) is 0. The van der Waals surface area contributed by atoms with E-state index < -0.39 is 16.7 Å². The maximum Gasteiger partial charge on any atom is 0.416 e. The van der Waals surface area contributed by atoms with Gasteiger partial charge in [-0.2, -0.15) is 13.2 Å². The number of nitrogens with zero attached hydrogens (tertiary/aromatic N) is 2. The van der Waals surface area contributed by atoms with E-state index in [0.717, 1.165) is 27.9 Å². The first kappa shape index (κ1) is 20.0. The van der Waals surface area contributed by atoms with Crippen LogP contribution in [0.1, 0.15) is 11.1 Å². The van der Waals surface area contributed by atoms with Crippen LogP contribution in [0.2, 0.25) is 0 Å². The molecule has 0 unspecified atom stereocenters. The number of alkyl halides is 3.